The molecule has 3 nitrogen and oxygen atoms in total. The number of nitriles is 2. The molecule has 0 bridgehead atoms. The monoisotopic (exact) mass is 280 g/mol. The third-order valence-corrected chi connectivity index (χ3v) is 4.08. The van der Waals surface area contributed by atoms with Crippen LogP contribution in [-0.4, -0.2) is 5.78 Å². The van der Waals surface area contributed by atoms with Gasteiger partial charge in [-0.3, -0.25) is 4.79 Å². The van der Waals surface area contributed by atoms with Crippen molar-refractivity contribution in [2.24, 2.45) is 0 Å². The summed E-state index contributed by atoms with van der Waals surface area (Å²) in [6.07, 6.45) is 0. The Morgan fingerprint density at radius 3 is 2.32 bits per heavy atom. The van der Waals surface area contributed by atoms with E-state index in [1.165, 1.54) is 0 Å². The van der Waals surface area contributed by atoms with Crippen LogP contribution in [0.3, 0.4) is 0 Å². The molecule has 0 atom stereocenters. The molecule has 0 spiro atoms. The smallest absolute Gasteiger partial charge is 0.206 e. The van der Waals surface area contributed by atoms with Crippen molar-refractivity contribution < 1.29 is 4.79 Å². The van der Waals surface area contributed by atoms with Crippen LogP contribution in [-0.2, 0) is 0 Å². The zero-order chi connectivity index (χ0) is 15.3. The van der Waals surface area contributed by atoms with Gasteiger partial charge < -0.3 is 0 Å². The highest BCUT2D eigenvalue weighted by atomic mass is 16.1. The molecular formula is C19H8N2O. The number of carbonyl (C=O) groups is 1. The lowest BCUT2D eigenvalue weighted by Crippen LogP contribution is -2.12. The van der Waals surface area contributed by atoms with E-state index in [-0.39, 0.29) is 16.9 Å². The van der Waals surface area contributed by atoms with Gasteiger partial charge in [0.2, 0.25) is 5.78 Å². The predicted octanol–water partition coefficient (Wildman–Crippen LogP) is 3.99. The number of nitrogens with zero attached hydrogens (tertiary/aromatic N) is 2. The number of allylic oxidation sites excluding steroid dienone is 2. The molecule has 3 heteroatoms. The average molecular weight is 280 g/mol. The Hall–Kier alpha value is -3.43. The van der Waals surface area contributed by atoms with Crippen molar-refractivity contribution in [2.45, 2.75) is 0 Å². The quantitative estimate of drug-likeness (QED) is 0.585. The average Bonchev–Trinajstić information content (AvgIpc) is 2.56. The van der Waals surface area contributed by atoms with Crippen molar-refractivity contribution in [3.63, 3.8) is 0 Å². The van der Waals surface area contributed by atoms with Crippen LogP contribution in [0.2, 0.25) is 0 Å². The van der Waals surface area contributed by atoms with Gasteiger partial charge in [0.25, 0.3) is 0 Å². The second kappa shape index (κ2) is 4.28. The SMILES string of the molecule is N#CC1=C(C#N)c2cccc3cc4ccccc4c(c23)C1=O. The Kier molecular flexibility index (Phi) is 2.40. The Bertz CT molecular complexity index is 1110. The molecule has 0 fully saturated rings. The van der Waals surface area contributed by atoms with Crippen LogP contribution < -0.4 is 0 Å². The Labute approximate surface area is 126 Å². The van der Waals surface area contributed by atoms with Crippen LogP contribution >= 0.6 is 0 Å². The highest BCUT2D eigenvalue weighted by Gasteiger charge is 2.29. The molecule has 4 rings (SSSR count). The van der Waals surface area contributed by atoms with Crippen molar-refractivity contribution in [3.05, 3.63) is 65.2 Å². The van der Waals surface area contributed by atoms with Gasteiger partial charge in [-0.25, -0.2) is 0 Å². The van der Waals surface area contributed by atoms with E-state index in [1.54, 1.807) is 6.07 Å². The maximum atomic E-state index is 12.8. The summed E-state index contributed by atoms with van der Waals surface area (Å²) >= 11 is 0. The summed E-state index contributed by atoms with van der Waals surface area (Å²) in [5.74, 6) is -0.362. The van der Waals surface area contributed by atoms with E-state index in [4.69, 9.17) is 0 Å². The molecule has 0 saturated heterocycles. The van der Waals surface area contributed by atoms with E-state index < -0.39 is 0 Å². The minimum absolute atomic E-state index is 0.0705. The third-order valence-electron chi connectivity index (χ3n) is 4.08. The zero-order valence-corrected chi connectivity index (χ0v) is 11.4. The highest BCUT2D eigenvalue weighted by molar-refractivity contribution is 6.33. The fourth-order valence-electron chi connectivity index (χ4n) is 3.16. The first kappa shape index (κ1) is 12.3. The minimum atomic E-state index is -0.362. The van der Waals surface area contributed by atoms with Crippen LogP contribution in [0.15, 0.2) is 54.1 Å². The van der Waals surface area contributed by atoms with Gasteiger partial charge in [0.15, 0.2) is 0 Å². The Balaban J connectivity index is 2.34. The number of ketones is 1. The molecule has 0 heterocycles. The van der Waals surface area contributed by atoms with Crippen LogP contribution in [0.25, 0.3) is 27.1 Å². The van der Waals surface area contributed by atoms with Crippen LogP contribution in [0, 0.1) is 22.7 Å². The minimum Gasteiger partial charge on any atom is -0.288 e. The number of carbonyl (C=O) groups excluding carboxylic acids is 1. The van der Waals surface area contributed by atoms with Gasteiger partial charge in [-0.15, -0.1) is 0 Å². The number of benzene rings is 3. The standard InChI is InChI=1S/C19H8N2O/c20-9-15-14-7-3-5-12-8-11-4-1-2-6-13(11)18(17(12)14)19(22)16(15)10-21/h1-8H. The Morgan fingerprint density at radius 2 is 1.55 bits per heavy atom. The third kappa shape index (κ3) is 1.40. The maximum Gasteiger partial charge on any atom is 0.206 e. The van der Waals surface area contributed by atoms with E-state index in [0.29, 0.717) is 11.1 Å². The first-order valence-electron chi connectivity index (χ1n) is 6.80. The van der Waals surface area contributed by atoms with Crippen LogP contribution in [0.1, 0.15) is 15.9 Å². The van der Waals surface area contributed by atoms with E-state index in [9.17, 15) is 15.3 Å². The molecular weight excluding hydrogens is 272 g/mol. The van der Waals surface area contributed by atoms with E-state index >= 15 is 0 Å². The second-order valence-electron chi connectivity index (χ2n) is 5.18. The lowest BCUT2D eigenvalue weighted by atomic mass is 9.81. The maximum absolute atomic E-state index is 12.8. The summed E-state index contributed by atoms with van der Waals surface area (Å²) in [7, 11) is 0. The molecule has 3 aromatic rings. The van der Waals surface area contributed by atoms with Crippen molar-refractivity contribution in [1.82, 2.24) is 0 Å². The summed E-state index contributed by atoms with van der Waals surface area (Å²) in [4.78, 5) is 12.8. The van der Waals surface area contributed by atoms with Crippen LogP contribution in [0.4, 0.5) is 0 Å². The lowest BCUT2D eigenvalue weighted by molar-refractivity contribution is 0.104. The highest BCUT2D eigenvalue weighted by Crippen LogP contribution is 2.39. The molecule has 1 aliphatic carbocycles. The predicted molar refractivity (Wildman–Crippen MR) is 83.9 cm³/mol. The van der Waals surface area contributed by atoms with Gasteiger partial charge in [-0.2, -0.15) is 10.5 Å². The molecule has 0 radical (unpaired) electrons. The van der Waals surface area contributed by atoms with E-state index in [2.05, 4.69) is 0 Å². The fraction of sp³-hybridized carbons (Fsp3) is 0. The van der Waals surface area contributed by atoms with Gasteiger partial charge in [-0.05, 0) is 22.2 Å². The zero-order valence-electron chi connectivity index (χ0n) is 11.4. The molecule has 0 N–H and O–H groups in total. The van der Waals surface area contributed by atoms with Gasteiger partial charge in [0, 0.05) is 16.5 Å². The summed E-state index contributed by atoms with van der Waals surface area (Å²) in [5.41, 5.74) is 1.29. The number of fused-ring (bicyclic) bond motifs is 2. The first-order chi connectivity index (χ1) is 10.8. The molecule has 3 aromatic carbocycles. The molecule has 0 aliphatic heterocycles. The molecule has 0 amide bonds. The first-order valence-corrected chi connectivity index (χ1v) is 6.80. The van der Waals surface area contributed by atoms with Crippen molar-refractivity contribution in [1.29, 1.82) is 10.5 Å². The largest absolute Gasteiger partial charge is 0.288 e. The molecule has 0 saturated carbocycles. The van der Waals surface area contributed by atoms with E-state index in [1.807, 2.05) is 54.6 Å². The van der Waals surface area contributed by atoms with Gasteiger partial charge in [0.1, 0.15) is 17.7 Å². The summed E-state index contributed by atoms with van der Waals surface area (Å²) < 4.78 is 0. The lowest BCUT2D eigenvalue weighted by Gasteiger charge is -2.18. The Morgan fingerprint density at radius 1 is 0.818 bits per heavy atom. The van der Waals surface area contributed by atoms with Crippen molar-refractivity contribution in [3.8, 4) is 12.1 Å². The van der Waals surface area contributed by atoms with E-state index in [0.717, 1.165) is 21.5 Å². The normalized spacial score (nSPS) is 13.3. The summed E-state index contributed by atoms with van der Waals surface area (Å²) in [6.45, 7) is 0. The topological polar surface area (TPSA) is 64.7 Å². The van der Waals surface area contributed by atoms with Crippen molar-refractivity contribution in [2.75, 3.05) is 0 Å². The summed E-state index contributed by atoms with van der Waals surface area (Å²) in [5, 5.41) is 22.2. The van der Waals surface area contributed by atoms with Gasteiger partial charge in [0.05, 0.1) is 5.57 Å². The van der Waals surface area contributed by atoms with Crippen LogP contribution in [0.5, 0.6) is 0 Å². The molecule has 1 aliphatic rings. The van der Waals surface area contributed by atoms with Gasteiger partial charge >= 0.3 is 0 Å². The molecule has 0 aromatic heterocycles. The molecule has 100 valence electrons. The second-order valence-corrected chi connectivity index (χ2v) is 5.18. The number of hydrogen-bond donors (Lipinski definition) is 0. The summed E-state index contributed by atoms with van der Waals surface area (Å²) in [6, 6.07) is 19.1. The number of Topliss-reactive ketones (excluding diaryl/α,β-unsaturated/α-hetero) is 1. The molecule has 22 heavy (non-hydrogen) atoms. The number of hydrogen-bond acceptors (Lipinski definition) is 3. The fourth-order valence-corrected chi connectivity index (χ4v) is 3.16. The molecule has 0 unspecified atom stereocenters. The van der Waals surface area contributed by atoms with Gasteiger partial charge in [-0.1, -0.05) is 42.5 Å². The number of rotatable bonds is 0. The van der Waals surface area contributed by atoms with Crippen molar-refractivity contribution >= 4 is 32.9 Å².